The van der Waals surface area contributed by atoms with Gasteiger partial charge in [-0.2, -0.15) is 15.0 Å². The monoisotopic (exact) mass is 970 g/mol. The fourth-order valence-electron chi connectivity index (χ4n) is 11.2. The highest BCUT2D eigenvalue weighted by atomic mass is 28.3. The van der Waals surface area contributed by atoms with Gasteiger partial charge in [0.15, 0.2) is 13.9 Å². The number of rotatable bonds is 7. The molecule has 0 aliphatic carbocycles. The first kappa shape index (κ1) is 47.9. The molecule has 0 radical (unpaired) electrons. The van der Waals surface area contributed by atoms with Crippen molar-refractivity contribution in [2.24, 2.45) is 0 Å². The number of benzene rings is 8. The lowest BCUT2D eigenvalue weighted by Gasteiger charge is -2.34. The number of nitrogens with zero attached hydrogens (tertiary/aromatic N) is 5. The van der Waals surface area contributed by atoms with E-state index < -0.39 is 8.07 Å². The smallest absolute Gasteiger partial charge is 0.240 e. The molecule has 0 aliphatic heterocycles. The van der Waals surface area contributed by atoms with Crippen molar-refractivity contribution in [2.75, 3.05) is 0 Å². The highest BCUT2D eigenvalue weighted by Crippen LogP contribution is 2.44. The van der Waals surface area contributed by atoms with Gasteiger partial charge in [0.25, 0.3) is 0 Å². The summed E-state index contributed by atoms with van der Waals surface area (Å²) in [6.07, 6.45) is 0. The zero-order valence-electron chi connectivity index (χ0n) is 44.6. The molecule has 5 nitrogen and oxygen atoms in total. The van der Waals surface area contributed by atoms with Crippen LogP contribution in [0.2, 0.25) is 0 Å². The second-order valence-electron chi connectivity index (χ2n) is 24.2. The van der Waals surface area contributed by atoms with Crippen molar-refractivity contribution in [3.8, 4) is 23.3 Å². The van der Waals surface area contributed by atoms with E-state index in [0.29, 0.717) is 17.7 Å². The average Bonchev–Trinajstić information content (AvgIpc) is 3.89. The first-order valence-electron chi connectivity index (χ1n) is 26.0. The molecule has 11 rings (SSSR count). The number of para-hydroxylation sites is 2. The van der Waals surface area contributed by atoms with Gasteiger partial charge in [-0.05, 0) is 88.9 Å². The quantitative estimate of drug-likeness (QED) is 0.118. The second kappa shape index (κ2) is 17.4. The second-order valence-corrected chi connectivity index (χ2v) is 28.0. The summed E-state index contributed by atoms with van der Waals surface area (Å²) < 4.78 is 4.66. The van der Waals surface area contributed by atoms with Crippen molar-refractivity contribution >= 4 is 72.4 Å². The third-order valence-corrected chi connectivity index (χ3v) is 19.9. The lowest BCUT2D eigenvalue weighted by molar-refractivity contribution is 0.571. The van der Waals surface area contributed by atoms with Crippen LogP contribution in [0.4, 0.5) is 0 Å². The summed E-state index contributed by atoms with van der Waals surface area (Å²) in [5, 5.41) is 10.0. The Morgan fingerprint density at radius 2 is 0.671 bits per heavy atom. The minimum atomic E-state index is -2.80. The molecule has 3 aromatic heterocycles. The summed E-state index contributed by atoms with van der Waals surface area (Å²) in [6, 6.07) is 69.7. The summed E-state index contributed by atoms with van der Waals surface area (Å²) in [4.78, 5) is 17.0. The summed E-state index contributed by atoms with van der Waals surface area (Å²) in [5.41, 5.74) is 9.88. The molecule has 0 amide bonds. The first-order valence-corrected chi connectivity index (χ1v) is 28.0. The molecule has 0 spiro atoms. The zero-order valence-corrected chi connectivity index (χ0v) is 45.6. The molecule has 6 heteroatoms. The molecular formula is C67H67N5Si. The maximum absolute atomic E-state index is 5.72. The Hall–Kier alpha value is -7.41. The van der Waals surface area contributed by atoms with Crippen LogP contribution < -0.4 is 20.7 Å². The minimum absolute atomic E-state index is 0.0623. The average molecular weight is 970 g/mol. The standard InChI is InChI=1S/C67H67N5Si/c1-64(2,3)45-40-53-51-32-22-24-34-57(51)71(59(53)55(42-45)66(7,8)9)62-68-61(69-63(70-62)72-58-35-25-23-33-52(58)54-41-46(65(4,5)6)43-56(60(54)72)67(10,11)12)44-36-38-50(39-37-44)73(47-26-16-13-17-27-47,48-28-18-14-19-29-48)49-30-20-15-21-31-49/h13-43H,1-12H3. The number of hydrogen-bond donors (Lipinski definition) is 0. The van der Waals surface area contributed by atoms with Gasteiger partial charge in [-0.25, -0.2) is 0 Å². The van der Waals surface area contributed by atoms with Crippen LogP contribution in [0.15, 0.2) is 188 Å². The van der Waals surface area contributed by atoms with E-state index in [0.717, 1.165) is 27.6 Å². The highest BCUT2D eigenvalue weighted by molar-refractivity contribution is 7.19. The minimum Gasteiger partial charge on any atom is -0.277 e. The van der Waals surface area contributed by atoms with Crippen molar-refractivity contribution < 1.29 is 0 Å². The van der Waals surface area contributed by atoms with Gasteiger partial charge in [0.1, 0.15) is 0 Å². The Bertz CT molecular complexity index is 3590. The van der Waals surface area contributed by atoms with Crippen LogP contribution in [0, 0.1) is 0 Å². The topological polar surface area (TPSA) is 48.5 Å². The summed E-state index contributed by atoms with van der Waals surface area (Å²) >= 11 is 0. The van der Waals surface area contributed by atoms with Gasteiger partial charge >= 0.3 is 0 Å². The summed E-state index contributed by atoms with van der Waals surface area (Å²) in [7, 11) is -2.80. The van der Waals surface area contributed by atoms with Crippen molar-refractivity contribution in [1.82, 2.24) is 24.1 Å². The van der Waals surface area contributed by atoms with E-state index in [1.165, 1.54) is 64.5 Å². The normalized spacial score (nSPS) is 12.9. The van der Waals surface area contributed by atoms with E-state index >= 15 is 0 Å². The van der Waals surface area contributed by atoms with Crippen LogP contribution in [0.25, 0.3) is 66.9 Å². The summed E-state index contributed by atoms with van der Waals surface area (Å²) in [6.45, 7) is 27.8. The lowest BCUT2D eigenvalue weighted by atomic mass is 9.79. The van der Waals surface area contributed by atoms with E-state index in [1.807, 2.05) is 0 Å². The van der Waals surface area contributed by atoms with Gasteiger partial charge in [-0.1, -0.05) is 247 Å². The predicted molar refractivity (Wildman–Crippen MR) is 312 cm³/mol. The number of fused-ring (bicyclic) bond motifs is 6. The van der Waals surface area contributed by atoms with E-state index in [1.54, 1.807) is 0 Å². The van der Waals surface area contributed by atoms with Crippen LogP contribution in [-0.4, -0.2) is 32.2 Å². The van der Waals surface area contributed by atoms with Gasteiger partial charge < -0.3 is 0 Å². The maximum atomic E-state index is 5.72. The molecule has 0 N–H and O–H groups in total. The van der Waals surface area contributed by atoms with Crippen molar-refractivity contribution in [3.63, 3.8) is 0 Å². The third kappa shape index (κ3) is 8.11. The fourth-order valence-corrected chi connectivity index (χ4v) is 16.0. The SMILES string of the molecule is CC(C)(C)c1cc(C(C)(C)C)c2c(c1)c1ccccc1n2-c1nc(-c2ccc([Si](c3ccccc3)(c3ccccc3)c3ccccc3)cc2)nc(-n2c3ccccc3c3cc(C(C)(C)C)cc(C(C)(C)C)c32)n1. The molecule has 0 unspecified atom stereocenters. The maximum Gasteiger partial charge on any atom is 0.240 e. The van der Waals surface area contributed by atoms with Gasteiger partial charge in [-0.15, -0.1) is 0 Å². The Kier molecular flexibility index (Phi) is 11.4. The van der Waals surface area contributed by atoms with Crippen LogP contribution in [-0.2, 0) is 21.7 Å². The van der Waals surface area contributed by atoms with Crippen LogP contribution in [0.3, 0.4) is 0 Å². The van der Waals surface area contributed by atoms with Gasteiger partial charge in [0, 0.05) is 27.1 Å². The highest BCUT2D eigenvalue weighted by Gasteiger charge is 2.41. The Labute approximate surface area is 432 Å². The first-order chi connectivity index (χ1) is 34.7. The Morgan fingerprint density at radius 3 is 1.03 bits per heavy atom. The molecule has 0 saturated carbocycles. The zero-order chi connectivity index (χ0) is 51.2. The van der Waals surface area contributed by atoms with Crippen molar-refractivity contribution in [1.29, 1.82) is 0 Å². The van der Waals surface area contributed by atoms with E-state index in [2.05, 4.69) is 280 Å². The molecule has 8 aromatic carbocycles. The number of aromatic nitrogens is 5. The largest absolute Gasteiger partial charge is 0.277 e. The summed E-state index contributed by atoms with van der Waals surface area (Å²) in [5.74, 6) is 1.78. The van der Waals surface area contributed by atoms with Gasteiger partial charge in [0.2, 0.25) is 11.9 Å². The van der Waals surface area contributed by atoms with Crippen molar-refractivity contribution in [3.05, 3.63) is 210 Å². The van der Waals surface area contributed by atoms with E-state index in [-0.39, 0.29) is 21.7 Å². The Balaban J connectivity index is 1.25. The third-order valence-electron chi connectivity index (χ3n) is 15.1. The lowest BCUT2D eigenvalue weighted by Crippen LogP contribution is -2.74. The van der Waals surface area contributed by atoms with Crippen LogP contribution in [0.1, 0.15) is 105 Å². The van der Waals surface area contributed by atoms with Gasteiger partial charge in [-0.3, -0.25) is 9.13 Å². The molecule has 364 valence electrons. The van der Waals surface area contributed by atoms with Crippen LogP contribution >= 0.6 is 0 Å². The number of hydrogen-bond acceptors (Lipinski definition) is 3. The molecule has 0 fully saturated rings. The fraction of sp³-hybridized carbons (Fsp3) is 0.239. The van der Waals surface area contributed by atoms with E-state index in [4.69, 9.17) is 15.0 Å². The Morgan fingerprint density at radius 1 is 0.329 bits per heavy atom. The van der Waals surface area contributed by atoms with E-state index in [9.17, 15) is 0 Å². The molecular weight excluding hydrogens is 903 g/mol. The van der Waals surface area contributed by atoms with Gasteiger partial charge in [0.05, 0.1) is 22.1 Å². The predicted octanol–water partition coefficient (Wildman–Crippen LogP) is 14.3. The molecule has 0 bridgehead atoms. The molecule has 0 aliphatic rings. The molecule has 0 atom stereocenters. The van der Waals surface area contributed by atoms with Crippen molar-refractivity contribution in [2.45, 2.75) is 105 Å². The molecule has 11 aromatic rings. The molecule has 73 heavy (non-hydrogen) atoms. The molecule has 3 heterocycles. The van der Waals surface area contributed by atoms with Crippen LogP contribution in [0.5, 0.6) is 0 Å². The molecule has 0 saturated heterocycles.